The van der Waals surface area contributed by atoms with Crippen molar-refractivity contribution in [3.63, 3.8) is 0 Å². The Bertz CT molecular complexity index is 176. The molecule has 1 saturated heterocycles. The van der Waals surface area contributed by atoms with Crippen molar-refractivity contribution in [2.45, 2.75) is 26.8 Å². The average Bonchev–Trinajstić information content (AvgIpc) is 2.11. The largest absolute Gasteiger partial charge is 0.332 e. The lowest BCUT2D eigenvalue weighted by molar-refractivity contribution is 0.237. The third-order valence-electron chi connectivity index (χ3n) is 1.91. The van der Waals surface area contributed by atoms with Crippen molar-refractivity contribution in [2.75, 3.05) is 6.54 Å². The summed E-state index contributed by atoms with van der Waals surface area (Å²) in [5, 5.41) is 2.92. The highest BCUT2D eigenvalue weighted by Crippen LogP contribution is 2.24. The molecule has 3 nitrogen and oxygen atoms in total. The van der Waals surface area contributed by atoms with E-state index in [1.165, 1.54) is 0 Å². The molecule has 4 heteroatoms. The minimum atomic E-state index is 0.0329. The Kier molecular flexibility index (Phi) is 2.32. The summed E-state index contributed by atoms with van der Waals surface area (Å²) in [6, 6.07) is 0.317. The maximum Gasteiger partial charge on any atom is 0.326 e. The molecule has 1 unspecified atom stereocenters. The fourth-order valence-corrected chi connectivity index (χ4v) is 1.53. The van der Waals surface area contributed by atoms with E-state index < -0.39 is 0 Å². The van der Waals surface area contributed by atoms with Crippen LogP contribution >= 0.6 is 22.9 Å². The number of hydrogen-bond donors (Lipinski definition) is 1. The predicted molar refractivity (Wildman–Crippen MR) is 52.5 cm³/mol. The van der Waals surface area contributed by atoms with E-state index in [0.29, 0.717) is 0 Å². The van der Waals surface area contributed by atoms with Gasteiger partial charge < -0.3 is 5.32 Å². The molecule has 2 amide bonds. The molecular formula is C7H13IN2O. The van der Waals surface area contributed by atoms with E-state index >= 15 is 0 Å². The van der Waals surface area contributed by atoms with Crippen LogP contribution in [0.4, 0.5) is 4.79 Å². The van der Waals surface area contributed by atoms with E-state index in [0.717, 1.165) is 6.54 Å². The molecule has 1 fully saturated rings. The Hall–Kier alpha value is 0. The molecule has 0 spiro atoms. The van der Waals surface area contributed by atoms with E-state index in [9.17, 15) is 4.79 Å². The molecule has 1 atom stereocenters. The molecule has 0 aromatic rings. The standard InChI is InChI=1S/C7H13IN2O/c1-7(2,3)5-4-10(8)6(11)9-5/h5H,4H2,1-3H3,(H,9,11). The second kappa shape index (κ2) is 2.80. The van der Waals surface area contributed by atoms with Crippen molar-refractivity contribution in [3.05, 3.63) is 0 Å². The first-order chi connectivity index (χ1) is 4.91. The Balaban J connectivity index is 2.61. The second-order valence-corrected chi connectivity index (χ2v) is 5.08. The maximum absolute atomic E-state index is 11.0. The highest BCUT2D eigenvalue weighted by molar-refractivity contribution is 14.1. The summed E-state index contributed by atoms with van der Waals surface area (Å²) in [6.45, 7) is 7.21. The van der Waals surface area contributed by atoms with Gasteiger partial charge in [-0.05, 0) is 5.41 Å². The Morgan fingerprint density at radius 3 is 2.36 bits per heavy atom. The summed E-state index contributed by atoms with van der Waals surface area (Å²) >= 11 is 2.03. The van der Waals surface area contributed by atoms with Gasteiger partial charge in [-0.15, -0.1) is 0 Å². The predicted octanol–water partition coefficient (Wildman–Crippen LogP) is 1.78. The van der Waals surface area contributed by atoms with E-state index in [-0.39, 0.29) is 17.5 Å². The number of carbonyl (C=O) groups excluding carboxylic acids is 1. The van der Waals surface area contributed by atoms with Crippen LogP contribution in [0.2, 0.25) is 0 Å². The van der Waals surface area contributed by atoms with Gasteiger partial charge in [-0.25, -0.2) is 4.79 Å². The zero-order valence-electron chi connectivity index (χ0n) is 7.02. The van der Waals surface area contributed by atoms with Gasteiger partial charge in [-0.2, -0.15) is 0 Å². The van der Waals surface area contributed by atoms with Gasteiger partial charge in [-0.3, -0.25) is 3.11 Å². The zero-order valence-corrected chi connectivity index (χ0v) is 9.18. The summed E-state index contributed by atoms with van der Waals surface area (Å²) in [5.41, 5.74) is 0.162. The van der Waals surface area contributed by atoms with Gasteiger partial charge in [0.2, 0.25) is 0 Å². The van der Waals surface area contributed by atoms with Crippen LogP contribution in [0, 0.1) is 5.41 Å². The van der Waals surface area contributed by atoms with E-state index in [1.807, 2.05) is 22.9 Å². The Morgan fingerprint density at radius 2 is 2.18 bits per heavy atom. The van der Waals surface area contributed by atoms with Gasteiger partial charge in [0, 0.05) is 0 Å². The Labute approximate surface area is 81.0 Å². The van der Waals surface area contributed by atoms with Crippen molar-refractivity contribution in [1.29, 1.82) is 0 Å². The van der Waals surface area contributed by atoms with Crippen molar-refractivity contribution < 1.29 is 4.79 Å². The topological polar surface area (TPSA) is 32.3 Å². The van der Waals surface area contributed by atoms with Gasteiger partial charge in [0.1, 0.15) is 0 Å². The quantitative estimate of drug-likeness (QED) is 0.527. The molecule has 0 saturated carbocycles. The lowest BCUT2D eigenvalue weighted by Crippen LogP contribution is -2.38. The molecule has 11 heavy (non-hydrogen) atoms. The highest BCUT2D eigenvalue weighted by Gasteiger charge is 2.34. The molecular weight excluding hydrogens is 255 g/mol. The fourth-order valence-electron chi connectivity index (χ4n) is 0.998. The zero-order chi connectivity index (χ0) is 8.65. The van der Waals surface area contributed by atoms with E-state index in [4.69, 9.17) is 0 Å². The summed E-state index contributed by atoms with van der Waals surface area (Å²) in [5.74, 6) is 0. The normalized spacial score (nSPS) is 25.6. The van der Waals surface area contributed by atoms with Crippen LogP contribution in [-0.4, -0.2) is 21.7 Å². The molecule has 0 aromatic heterocycles. The smallest absolute Gasteiger partial charge is 0.326 e. The van der Waals surface area contributed by atoms with E-state index in [1.54, 1.807) is 3.11 Å². The van der Waals surface area contributed by atoms with Crippen LogP contribution in [0.3, 0.4) is 0 Å². The summed E-state index contributed by atoms with van der Waals surface area (Å²) in [6.07, 6.45) is 0. The molecule has 0 bridgehead atoms. The van der Waals surface area contributed by atoms with Gasteiger partial charge in [0.25, 0.3) is 0 Å². The van der Waals surface area contributed by atoms with Gasteiger partial charge in [0.05, 0.1) is 35.5 Å². The highest BCUT2D eigenvalue weighted by atomic mass is 127. The summed E-state index contributed by atoms with van der Waals surface area (Å²) in [4.78, 5) is 11.0. The van der Waals surface area contributed by atoms with Crippen molar-refractivity contribution in [1.82, 2.24) is 8.43 Å². The third kappa shape index (κ3) is 1.98. The van der Waals surface area contributed by atoms with Gasteiger partial charge in [-0.1, -0.05) is 20.8 Å². The monoisotopic (exact) mass is 268 g/mol. The van der Waals surface area contributed by atoms with Crippen LogP contribution in [0.5, 0.6) is 0 Å². The second-order valence-electron chi connectivity index (χ2n) is 3.91. The third-order valence-corrected chi connectivity index (χ3v) is 2.74. The van der Waals surface area contributed by atoms with Crippen LogP contribution in [0.15, 0.2) is 0 Å². The molecule has 0 aromatic carbocycles. The molecule has 1 rings (SSSR count). The molecule has 1 heterocycles. The number of carbonyl (C=O) groups is 1. The lowest BCUT2D eigenvalue weighted by Gasteiger charge is -2.25. The van der Waals surface area contributed by atoms with Crippen molar-refractivity contribution in [2.24, 2.45) is 5.41 Å². The van der Waals surface area contributed by atoms with E-state index in [2.05, 4.69) is 26.1 Å². The van der Waals surface area contributed by atoms with Crippen molar-refractivity contribution in [3.8, 4) is 0 Å². The molecule has 1 aliphatic rings. The van der Waals surface area contributed by atoms with Crippen molar-refractivity contribution >= 4 is 28.9 Å². The molecule has 1 N–H and O–H groups in total. The maximum atomic E-state index is 11.0. The Morgan fingerprint density at radius 1 is 1.64 bits per heavy atom. The first-order valence-electron chi connectivity index (χ1n) is 3.65. The molecule has 1 aliphatic heterocycles. The molecule has 0 aliphatic carbocycles. The van der Waals surface area contributed by atoms with Crippen LogP contribution in [0.1, 0.15) is 20.8 Å². The number of amides is 2. The average molecular weight is 268 g/mol. The first kappa shape index (κ1) is 9.09. The first-order valence-corrected chi connectivity index (χ1v) is 4.61. The minimum Gasteiger partial charge on any atom is -0.332 e. The number of nitrogens with zero attached hydrogens (tertiary/aromatic N) is 1. The summed E-state index contributed by atoms with van der Waals surface area (Å²) in [7, 11) is 0. The molecule has 64 valence electrons. The number of hydrogen-bond acceptors (Lipinski definition) is 1. The van der Waals surface area contributed by atoms with Gasteiger partial charge >= 0.3 is 6.03 Å². The van der Waals surface area contributed by atoms with Crippen LogP contribution < -0.4 is 5.32 Å². The fraction of sp³-hybridized carbons (Fsp3) is 0.857. The summed E-state index contributed by atoms with van der Waals surface area (Å²) < 4.78 is 1.69. The number of rotatable bonds is 0. The van der Waals surface area contributed by atoms with Gasteiger partial charge in [0.15, 0.2) is 0 Å². The SMILES string of the molecule is CC(C)(C)C1CN(I)C(=O)N1. The number of nitrogens with one attached hydrogen (secondary N) is 1. The number of urea groups is 1. The minimum absolute atomic E-state index is 0.0329. The van der Waals surface area contributed by atoms with Crippen LogP contribution in [-0.2, 0) is 0 Å². The lowest BCUT2D eigenvalue weighted by atomic mass is 9.87. The van der Waals surface area contributed by atoms with Crippen LogP contribution in [0.25, 0.3) is 0 Å². The molecule has 0 radical (unpaired) electrons. The number of halogens is 1.